The number of hydrogen-bond donors (Lipinski definition) is 3. The first-order chi connectivity index (χ1) is 25.5. The van der Waals surface area contributed by atoms with Gasteiger partial charge in [-0.15, -0.1) is 0 Å². The Kier molecular flexibility index (Phi) is 21.4. The average Bonchev–Trinajstić information content (AvgIpc) is 3.17. The van der Waals surface area contributed by atoms with Gasteiger partial charge in [0.1, 0.15) is 0 Å². The molecule has 0 saturated carbocycles. The van der Waals surface area contributed by atoms with Crippen molar-refractivity contribution in [1.29, 1.82) is 10.8 Å². The average molecular weight is 881 g/mol. The van der Waals surface area contributed by atoms with E-state index in [4.69, 9.17) is 20.7 Å². The summed E-state index contributed by atoms with van der Waals surface area (Å²) in [5.74, 6) is 0. The van der Waals surface area contributed by atoms with E-state index in [1.54, 1.807) is 58.4 Å². The van der Waals surface area contributed by atoms with E-state index in [9.17, 15) is 5.11 Å². The molecule has 0 bridgehead atoms. The topological polar surface area (TPSA) is 139 Å². The first kappa shape index (κ1) is 49.6. The summed E-state index contributed by atoms with van der Waals surface area (Å²) in [4.78, 5) is 12.6. The number of aromatic nitrogens is 3. The van der Waals surface area contributed by atoms with Crippen LogP contribution < -0.4 is 29.9 Å². The molecule has 1 aliphatic carbocycles. The molecule has 7 aromatic rings. The summed E-state index contributed by atoms with van der Waals surface area (Å²) >= 11 is 0. The van der Waals surface area contributed by atoms with Gasteiger partial charge in [-0.1, -0.05) is 110 Å². The van der Waals surface area contributed by atoms with Gasteiger partial charge in [0.25, 0.3) is 0 Å². The third kappa shape index (κ3) is 13.3. The van der Waals surface area contributed by atoms with Gasteiger partial charge in [-0.2, -0.15) is 0 Å². The van der Waals surface area contributed by atoms with Crippen molar-refractivity contribution in [2.45, 2.75) is 53.2 Å². The Morgan fingerprint density at radius 2 is 1.07 bits per heavy atom. The summed E-state index contributed by atoms with van der Waals surface area (Å²) in [5, 5.41) is 40.4. The van der Waals surface area contributed by atoms with Crippen LogP contribution in [0.25, 0.3) is 43.7 Å². The van der Waals surface area contributed by atoms with Gasteiger partial charge < -0.3 is 39.8 Å². The molecule has 0 unspecified atom stereocenters. The van der Waals surface area contributed by atoms with E-state index < -0.39 is 5.60 Å². The van der Waals surface area contributed by atoms with Crippen molar-refractivity contribution in [2.75, 3.05) is 13.2 Å². The van der Waals surface area contributed by atoms with E-state index in [1.807, 2.05) is 80.6 Å². The molecular formula is C45H48Cl2N5O3Rh. The van der Waals surface area contributed by atoms with Crippen LogP contribution in [0.4, 0.5) is 0 Å². The number of pyridine rings is 3. The number of aliphatic hydroxyl groups excluding tert-OH is 1. The van der Waals surface area contributed by atoms with Crippen LogP contribution >= 0.6 is 0 Å². The van der Waals surface area contributed by atoms with E-state index in [1.165, 1.54) is 0 Å². The Morgan fingerprint density at radius 1 is 0.607 bits per heavy atom. The number of rotatable bonds is 3. The summed E-state index contributed by atoms with van der Waals surface area (Å²) in [6.45, 7) is 12.3. The first-order valence-corrected chi connectivity index (χ1v) is 17.7. The minimum absolute atomic E-state index is 0. The van der Waals surface area contributed by atoms with Crippen LogP contribution in [0.2, 0.25) is 0 Å². The zero-order valence-electron chi connectivity index (χ0n) is 32.4. The summed E-state index contributed by atoms with van der Waals surface area (Å²) in [5.41, 5.74) is 5.94. The molecule has 3 aromatic heterocycles. The second kappa shape index (κ2) is 24.2. The van der Waals surface area contributed by atoms with Crippen LogP contribution in [0.1, 0.15) is 58.4 Å². The molecule has 0 radical (unpaired) electrons. The van der Waals surface area contributed by atoms with Crippen LogP contribution in [0.3, 0.4) is 0 Å². The molecule has 8 rings (SSSR count). The van der Waals surface area contributed by atoms with Crippen LogP contribution in [0.15, 0.2) is 134 Å². The van der Waals surface area contributed by atoms with Crippen LogP contribution in [-0.4, -0.2) is 50.8 Å². The van der Waals surface area contributed by atoms with Gasteiger partial charge in [-0.05, 0) is 73.9 Å². The van der Waals surface area contributed by atoms with Crippen molar-refractivity contribution in [3.05, 3.63) is 151 Å². The Labute approximate surface area is 355 Å². The van der Waals surface area contributed by atoms with E-state index in [0.717, 1.165) is 68.0 Å². The minimum atomic E-state index is -1.07. The van der Waals surface area contributed by atoms with Crippen molar-refractivity contribution < 1.29 is 59.2 Å². The fraction of sp³-hybridized carbons (Fsp3) is 0.222. The van der Waals surface area contributed by atoms with Gasteiger partial charge in [0.05, 0.1) is 22.5 Å². The number of nitrogens with one attached hydrogen (secondary N) is 2. The van der Waals surface area contributed by atoms with Crippen molar-refractivity contribution in [3.8, 4) is 11.1 Å². The smallest absolute Gasteiger partial charge is 1.00 e. The molecule has 0 spiro atoms. The fourth-order valence-electron chi connectivity index (χ4n) is 5.56. The van der Waals surface area contributed by atoms with E-state index in [-0.39, 0.29) is 50.4 Å². The van der Waals surface area contributed by atoms with Gasteiger partial charge in [-0.3, -0.25) is 25.8 Å². The maximum absolute atomic E-state index is 11.2. The van der Waals surface area contributed by atoms with Crippen molar-refractivity contribution in [1.82, 2.24) is 15.0 Å². The molecule has 0 saturated heterocycles. The third-order valence-corrected chi connectivity index (χ3v) is 7.95. The molecule has 3 heterocycles. The molecule has 4 aromatic carbocycles. The predicted octanol–water partition coefficient (Wildman–Crippen LogP) is 3.15. The largest absolute Gasteiger partial charge is 3.00 e. The van der Waals surface area contributed by atoms with Crippen LogP contribution in [-0.2, 0) is 29.8 Å². The maximum Gasteiger partial charge on any atom is 3.00 e. The van der Waals surface area contributed by atoms with Gasteiger partial charge in [0.15, 0.2) is 0 Å². The molecule has 8 nitrogen and oxygen atoms in total. The van der Waals surface area contributed by atoms with Crippen molar-refractivity contribution in [3.63, 3.8) is 0 Å². The van der Waals surface area contributed by atoms with Crippen LogP contribution in [0, 0.1) is 10.8 Å². The van der Waals surface area contributed by atoms with Crippen LogP contribution in [0.5, 0.6) is 0 Å². The van der Waals surface area contributed by atoms with E-state index in [2.05, 4.69) is 51.4 Å². The molecule has 1 aliphatic rings. The summed E-state index contributed by atoms with van der Waals surface area (Å²) in [6.07, 6.45) is 5.07. The summed E-state index contributed by atoms with van der Waals surface area (Å²) in [6, 6.07) is 37.6. The number of nitrogens with zero attached hydrogens (tertiary/aromatic N) is 3. The number of benzene rings is 4. The number of ether oxygens (including phenoxy) is 1. The van der Waals surface area contributed by atoms with Crippen molar-refractivity contribution in [2.24, 2.45) is 0 Å². The molecule has 56 heavy (non-hydrogen) atoms. The minimum Gasteiger partial charge on any atom is -1.00 e. The molecule has 294 valence electrons. The number of halogens is 2. The Morgan fingerprint density at radius 3 is 1.55 bits per heavy atom. The molecule has 0 amide bonds. The molecule has 0 aliphatic heterocycles. The number of fused-ring (bicyclic) bond motifs is 8. The quantitative estimate of drug-likeness (QED) is 0.184. The standard InChI is InChI=1S/C18H12N2.C12H8N2.C8H10NO.C4H10O.C3H8O.2ClH.Rh/c19-17-15-8-4-3-7-13(15)14-10-9-11-5-1-2-6-12(11)16(14)18(17)20;1-3-9-5-6-10-4-2-8-14-12(10)11(9)13-7-1;1-8(2,10)7-5-3-4-6-9-7;1-3-5-4-2;1-3(2)4;;;/h1-10,19-20H;1-8H;3-6H,1-2H3;3-4H2,1-2H3;3-4H,1-2H3;2*1H;/q;;-1;;;;;+3/p-2. The Hall–Kier alpha value is -4.47. The molecule has 0 fully saturated rings. The molecule has 11 heteroatoms. The zero-order valence-corrected chi connectivity index (χ0v) is 35.5. The zero-order chi connectivity index (χ0) is 38.4. The Balaban J connectivity index is 0.000000385. The Bertz CT molecular complexity index is 2220. The number of hydrogen-bond acceptors (Lipinski definition) is 8. The fourth-order valence-corrected chi connectivity index (χ4v) is 5.56. The molecule has 3 N–H and O–H groups in total. The second-order valence-corrected chi connectivity index (χ2v) is 12.8. The summed E-state index contributed by atoms with van der Waals surface area (Å²) < 4.78 is 4.83. The van der Waals surface area contributed by atoms with E-state index in [0.29, 0.717) is 17.1 Å². The van der Waals surface area contributed by atoms with Gasteiger partial charge in [0, 0.05) is 65.5 Å². The first-order valence-electron chi connectivity index (χ1n) is 17.7. The second-order valence-electron chi connectivity index (χ2n) is 12.8. The van der Waals surface area contributed by atoms with Gasteiger partial charge in [-0.25, -0.2) is 0 Å². The maximum atomic E-state index is 11.2. The molecular weight excluding hydrogens is 832 g/mol. The summed E-state index contributed by atoms with van der Waals surface area (Å²) in [7, 11) is 0. The number of aliphatic hydroxyl groups is 1. The molecule has 0 atom stereocenters. The predicted molar refractivity (Wildman–Crippen MR) is 217 cm³/mol. The monoisotopic (exact) mass is 879 g/mol. The SMILES string of the molecule is CC(C)([O-])c1ccccn1.CC(C)O.CCOCC.N=C1C(=N)c2c(ccc3ccccc23)-c2ccccc21.[Cl-].[Cl-].[Rh+3].c1cnc2c(c1)ccc1cccnc12. The van der Waals surface area contributed by atoms with Gasteiger partial charge in [0.2, 0.25) is 0 Å². The van der Waals surface area contributed by atoms with Crippen molar-refractivity contribution >= 4 is 44.0 Å². The van der Waals surface area contributed by atoms with Gasteiger partial charge >= 0.3 is 19.5 Å². The third-order valence-electron chi connectivity index (χ3n) is 7.95. The normalized spacial score (nSPS) is 10.9. The van der Waals surface area contributed by atoms with E-state index >= 15 is 0 Å².